The van der Waals surface area contributed by atoms with Gasteiger partial charge in [-0.15, -0.1) is 0 Å². The summed E-state index contributed by atoms with van der Waals surface area (Å²) in [5, 5.41) is 3.48. The van der Waals surface area contributed by atoms with Gasteiger partial charge in [-0.05, 0) is 18.8 Å². The van der Waals surface area contributed by atoms with Crippen molar-refractivity contribution in [2.45, 2.75) is 18.9 Å². The number of rotatable bonds is 1. The SMILES string of the molecule is C1=CCC(C2C=CC2)NC1. The van der Waals surface area contributed by atoms with Crippen LogP contribution in [0.15, 0.2) is 24.3 Å². The maximum Gasteiger partial charge on any atom is 0.0170 e. The van der Waals surface area contributed by atoms with Crippen molar-refractivity contribution < 1.29 is 0 Å². The van der Waals surface area contributed by atoms with Crippen molar-refractivity contribution in [1.29, 1.82) is 0 Å². The molecule has 10 heavy (non-hydrogen) atoms. The number of allylic oxidation sites excluding steroid dienone is 1. The number of hydrogen-bond acceptors (Lipinski definition) is 1. The molecule has 0 bridgehead atoms. The molecule has 1 heterocycles. The molecular weight excluding hydrogens is 122 g/mol. The predicted octanol–water partition coefficient (Wildman–Crippen LogP) is 1.48. The molecule has 0 aromatic heterocycles. The molecule has 0 aromatic rings. The van der Waals surface area contributed by atoms with Gasteiger partial charge in [-0.25, -0.2) is 0 Å². The standard InChI is InChI=1S/C9H13N/c1-2-7-10-9(6-1)8-4-3-5-8/h1-4,8-10H,5-7H2. The molecular formula is C9H13N. The normalized spacial score (nSPS) is 37.6. The summed E-state index contributed by atoms with van der Waals surface area (Å²) in [6.45, 7) is 1.06. The van der Waals surface area contributed by atoms with Crippen LogP contribution in [0.4, 0.5) is 0 Å². The van der Waals surface area contributed by atoms with Gasteiger partial charge in [-0.1, -0.05) is 24.3 Å². The summed E-state index contributed by atoms with van der Waals surface area (Å²) < 4.78 is 0. The van der Waals surface area contributed by atoms with Crippen LogP contribution in [0.3, 0.4) is 0 Å². The van der Waals surface area contributed by atoms with Gasteiger partial charge in [0.1, 0.15) is 0 Å². The van der Waals surface area contributed by atoms with Crippen LogP contribution in [0.5, 0.6) is 0 Å². The van der Waals surface area contributed by atoms with Crippen molar-refractivity contribution in [3.63, 3.8) is 0 Å². The fourth-order valence-electron chi connectivity index (χ4n) is 1.55. The molecule has 0 radical (unpaired) electrons. The van der Waals surface area contributed by atoms with E-state index in [2.05, 4.69) is 29.6 Å². The molecule has 1 heteroatoms. The quantitative estimate of drug-likeness (QED) is 0.537. The molecule has 54 valence electrons. The van der Waals surface area contributed by atoms with Gasteiger partial charge >= 0.3 is 0 Å². The molecule has 0 saturated carbocycles. The van der Waals surface area contributed by atoms with Crippen LogP contribution in [0.1, 0.15) is 12.8 Å². The molecule has 0 aromatic carbocycles. The zero-order valence-electron chi connectivity index (χ0n) is 6.09. The summed E-state index contributed by atoms with van der Waals surface area (Å²) >= 11 is 0. The second-order valence-corrected chi connectivity index (χ2v) is 3.05. The Morgan fingerprint density at radius 3 is 2.50 bits per heavy atom. The zero-order chi connectivity index (χ0) is 6.81. The van der Waals surface area contributed by atoms with Crippen molar-refractivity contribution in [1.82, 2.24) is 5.32 Å². The summed E-state index contributed by atoms with van der Waals surface area (Å²) in [5.41, 5.74) is 0. The first-order valence-corrected chi connectivity index (χ1v) is 4.02. The average molecular weight is 135 g/mol. The lowest BCUT2D eigenvalue weighted by molar-refractivity contribution is 0.396. The first-order valence-electron chi connectivity index (χ1n) is 4.02. The van der Waals surface area contributed by atoms with Gasteiger partial charge in [0.15, 0.2) is 0 Å². The van der Waals surface area contributed by atoms with E-state index in [1.165, 1.54) is 12.8 Å². The minimum absolute atomic E-state index is 0.731. The van der Waals surface area contributed by atoms with Gasteiger partial charge in [0.2, 0.25) is 0 Å². The Morgan fingerprint density at radius 1 is 1.10 bits per heavy atom. The first kappa shape index (κ1) is 6.17. The van der Waals surface area contributed by atoms with E-state index in [0.717, 1.165) is 18.5 Å². The number of nitrogens with one attached hydrogen (secondary N) is 1. The molecule has 2 atom stereocenters. The van der Waals surface area contributed by atoms with Crippen molar-refractivity contribution in [3.8, 4) is 0 Å². The molecule has 1 aliphatic heterocycles. The second-order valence-electron chi connectivity index (χ2n) is 3.05. The van der Waals surface area contributed by atoms with Gasteiger partial charge < -0.3 is 5.32 Å². The Labute approximate surface area is 61.8 Å². The Bertz CT molecular complexity index is 170. The zero-order valence-corrected chi connectivity index (χ0v) is 6.09. The maximum atomic E-state index is 3.48. The molecule has 1 N–H and O–H groups in total. The van der Waals surface area contributed by atoms with Gasteiger partial charge in [-0.3, -0.25) is 0 Å². The number of hydrogen-bond donors (Lipinski definition) is 1. The van der Waals surface area contributed by atoms with E-state index < -0.39 is 0 Å². The molecule has 0 fully saturated rings. The third kappa shape index (κ3) is 1.01. The minimum Gasteiger partial charge on any atom is -0.310 e. The van der Waals surface area contributed by atoms with Crippen LogP contribution in [0, 0.1) is 5.92 Å². The summed E-state index contributed by atoms with van der Waals surface area (Å²) in [7, 11) is 0. The average Bonchev–Trinajstić information content (AvgIpc) is 1.86. The molecule has 0 spiro atoms. The molecule has 2 rings (SSSR count). The van der Waals surface area contributed by atoms with Gasteiger partial charge in [-0.2, -0.15) is 0 Å². The highest BCUT2D eigenvalue weighted by Crippen LogP contribution is 2.23. The molecule has 2 unspecified atom stereocenters. The predicted molar refractivity (Wildman–Crippen MR) is 42.8 cm³/mol. The van der Waals surface area contributed by atoms with Crippen LogP contribution < -0.4 is 5.32 Å². The summed E-state index contributed by atoms with van der Waals surface area (Å²) in [4.78, 5) is 0. The summed E-state index contributed by atoms with van der Waals surface area (Å²) in [5.74, 6) is 0.824. The Morgan fingerprint density at radius 2 is 2.00 bits per heavy atom. The third-order valence-corrected chi connectivity index (χ3v) is 2.36. The van der Waals surface area contributed by atoms with Crippen molar-refractivity contribution in [2.75, 3.05) is 6.54 Å². The molecule has 1 nitrogen and oxygen atoms in total. The highest BCUT2D eigenvalue weighted by atomic mass is 14.9. The molecule has 0 saturated heterocycles. The smallest absolute Gasteiger partial charge is 0.0170 e. The van der Waals surface area contributed by atoms with E-state index in [-0.39, 0.29) is 0 Å². The highest BCUT2D eigenvalue weighted by Gasteiger charge is 2.21. The van der Waals surface area contributed by atoms with E-state index in [4.69, 9.17) is 0 Å². The van der Waals surface area contributed by atoms with Gasteiger partial charge in [0.25, 0.3) is 0 Å². The Hall–Kier alpha value is -0.560. The Balaban J connectivity index is 1.92. The van der Waals surface area contributed by atoms with Crippen LogP contribution >= 0.6 is 0 Å². The maximum absolute atomic E-state index is 3.48. The molecule has 1 aliphatic carbocycles. The van der Waals surface area contributed by atoms with Crippen LogP contribution in [-0.2, 0) is 0 Å². The monoisotopic (exact) mass is 135 g/mol. The van der Waals surface area contributed by atoms with Crippen molar-refractivity contribution in [2.24, 2.45) is 5.92 Å². The lowest BCUT2D eigenvalue weighted by Crippen LogP contribution is -2.38. The largest absolute Gasteiger partial charge is 0.310 e. The topological polar surface area (TPSA) is 12.0 Å². The van der Waals surface area contributed by atoms with E-state index in [1.807, 2.05) is 0 Å². The molecule has 2 aliphatic rings. The fraction of sp³-hybridized carbons (Fsp3) is 0.556. The fourth-order valence-corrected chi connectivity index (χ4v) is 1.55. The van der Waals surface area contributed by atoms with Gasteiger partial charge in [0.05, 0.1) is 0 Å². The van der Waals surface area contributed by atoms with Crippen LogP contribution in [0.2, 0.25) is 0 Å². The van der Waals surface area contributed by atoms with E-state index >= 15 is 0 Å². The Kier molecular flexibility index (Phi) is 1.60. The van der Waals surface area contributed by atoms with E-state index in [1.54, 1.807) is 0 Å². The molecule has 0 amide bonds. The summed E-state index contributed by atoms with van der Waals surface area (Å²) in [6.07, 6.45) is 11.6. The van der Waals surface area contributed by atoms with Crippen LogP contribution in [0.25, 0.3) is 0 Å². The lowest BCUT2D eigenvalue weighted by atomic mass is 9.85. The van der Waals surface area contributed by atoms with Crippen LogP contribution in [-0.4, -0.2) is 12.6 Å². The van der Waals surface area contributed by atoms with E-state index in [9.17, 15) is 0 Å². The highest BCUT2D eigenvalue weighted by molar-refractivity contribution is 5.10. The minimum atomic E-state index is 0.731. The van der Waals surface area contributed by atoms with Gasteiger partial charge in [0, 0.05) is 12.6 Å². The van der Waals surface area contributed by atoms with Crippen molar-refractivity contribution >= 4 is 0 Å². The first-order chi connectivity index (χ1) is 4.97. The lowest BCUT2D eigenvalue weighted by Gasteiger charge is -2.30. The third-order valence-electron chi connectivity index (χ3n) is 2.36. The summed E-state index contributed by atoms with van der Waals surface area (Å²) in [6, 6.07) is 0.731. The van der Waals surface area contributed by atoms with E-state index in [0.29, 0.717) is 0 Å². The second kappa shape index (κ2) is 2.59. The van der Waals surface area contributed by atoms with Crippen molar-refractivity contribution in [3.05, 3.63) is 24.3 Å².